The van der Waals surface area contributed by atoms with Gasteiger partial charge in [0.05, 0.1) is 5.02 Å². The summed E-state index contributed by atoms with van der Waals surface area (Å²) in [5.74, 6) is -0.348. The Balaban J connectivity index is 2.00. The van der Waals surface area contributed by atoms with E-state index in [1.54, 1.807) is 12.1 Å². The molecule has 0 aromatic heterocycles. The normalized spacial score (nSPS) is 22.3. The lowest BCUT2D eigenvalue weighted by Gasteiger charge is -2.31. The maximum absolute atomic E-state index is 13.0. The number of halogens is 2. The average Bonchev–Trinajstić information content (AvgIpc) is 2.24. The summed E-state index contributed by atoms with van der Waals surface area (Å²) in [5, 5.41) is 3.66. The number of benzene rings is 1. The topological polar surface area (TPSA) is 15.3 Å². The number of nitrogens with one attached hydrogen (secondary N) is 1. The molecule has 0 saturated carbocycles. The molecule has 0 amide bonds. The van der Waals surface area contributed by atoms with Gasteiger partial charge in [0.1, 0.15) is 5.82 Å². The minimum absolute atomic E-state index is 0.210. The second kappa shape index (κ2) is 5.13. The number of nitrogens with zero attached hydrogens (tertiary/aromatic N) is 1. The molecule has 1 N–H and O–H groups in total. The van der Waals surface area contributed by atoms with Crippen molar-refractivity contribution < 1.29 is 4.39 Å². The molecule has 1 aromatic rings. The molecule has 1 atom stereocenters. The molecule has 1 aromatic carbocycles. The van der Waals surface area contributed by atoms with Gasteiger partial charge in [-0.1, -0.05) is 17.7 Å². The third-order valence-electron chi connectivity index (χ3n) is 2.92. The van der Waals surface area contributed by atoms with Crippen LogP contribution in [0.1, 0.15) is 5.56 Å². The Morgan fingerprint density at radius 2 is 2.38 bits per heavy atom. The minimum Gasteiger partial charge on any atom is -0.311 e. The Morgan fingerprint density at radius 1 is 1.56 bits per heavy atom. The maximum Gasteiger partial charge on any atom is 0.141 e. The summed E-state index contributed by atoms with van der Waals surface area (Å²) in [6.45, 7) is 3.12. The minimum atomic E-state index is -0.348. The predicted molar refractivity (Wildman–Crippen MR) is 64.4 cm³/mol. The fourth-order valence-corrected chi connectivity index (χ4v) is 2.28. The standard InChI is InChI=1S/C12H16ClFN2/c1-16-5-4-15-10(8-16)6-9-2-3-12(14)11(13)7-9/h2-3,7,10,15H,4-6,8H2,1H3. The monoisotopic (exact) mass is 242 g/mol. The smallest absolute Gasteiger partial charge is 0.141 e. The zero-order valence-corrected chi connectivity index (χ0v) is 10.1. The molecule has 4 heteroatoms. The molecular formula is C12H16ClFN2. The van der Waals surface area contributed by atoms with Crippen LogP contribution in [0.5, 0.6) is 0 Å². The van der Waals surface area contributed by atoms with E-state index in [1.807, 2.05) is 0 Å². The summed E-state index contributed by atoms with van der Waals surface area (Å²) in [7, 11) is 2.12. The third kappa shape index (κ3) is 2.94. The van der Waals surface area contributed by atoms with Crippen LogP contribution in [-0.2, 0) is 6.42 Å². The first-order valence-electron chi connectivity index (χ1n) is 5.51. The molecule has 2 nitrogen and oxygen atoms in total. The molecule has 1 saturated heterocycles. The number of hydrogen-bond acceptors (Lipinski definition) is 2. The number of likely N-dealkylation sites (N-methyl/N-ethyl adjacent to an activating group) is 1. The van der Waals surface area contributed by atoms with Crippen LogP contribution >= 0.6 is 11.6 Å². The van der Waals surface area contributed by atoms with Crippen LogP contribution in [0.3, 0.4) is 0 Å². The lowest BCUT2D eigenvalue weighted by molar-refractivity contribution is 0.238. The van der Waals surface area contributed by atoms with E-state index in [-0.39, 0.29) is 10.8 Å². The molecule has 88 valence electrons. The lowest BCUT2D eigenvalue weighted by Crippen LogP contribution is -2.49. The van der Waals surface area contributed by atoms with Crippen LogP contribution < -0.4 is 5.32 Å². The molecule has 0 aliphatic carbocycles. The third-order valence-corrected chi connectivity index (χ3v) is 3.21. The van der Waals surface area contributed by atoms with Crippen LogP contribution in [0, 0.1) is 5.82 Å². The van der Waals surface area contributed by atoms with Crippen molar-refractivity contribution in [2.45, 2.75) is 12.5 Å². The molecule has 0 spiro atoms. The van der Waals surface area contributed by atoms with E-state index in [2.05, 4.69) is 17.3 Å². The molecule has 1 aliphatic rings. The van der Waals surface area contributed by atoms with Crippen LogP contribution in [0.2, 0.25) is 5.02 Å². The van der Waals surface area contributed by atoms with Crippen LogP contribution in [-0.4, -0.2) is 37.6 Å². The first-order valence-corrected chi connectivity index (χ1v) is 5.89. The van der Waals surface area contributed by atoms with Crippen molar-refractivity contribution in [1.82, 2.24) is 10.2 Å². The first kappa shape index (κ1) is 11.8. The van der Waals surface area contributed by atoms with Gasteiger partial charge >= 0.3 is 0 Å². The molecule has 1 heterocycles. The second-order valence-electron chi connectivity index (χ2n) is 4.37. The predicted octanol–water partition coefficient (Wildman–Crippen LogP) is 1.93. The van der Waals surface area contributed by atoms with Gasteiger partial charge < -0.3 is 10.2 Å². The van der Waals surface area contributed by atoms with E-state index in [4.69, 9.17) is 11.6 Å². The van der Waals surface area contributed by atoms with E-state index in [9.17, 15) is 4.39 Å². The molecule has 0 bridgehead atoms. The second-order valence-corrected chi connectivity index (χ2v) is 4.77. The summed E-state index contributed by atoms with van der Waals surface area (Å²) in [6.07, 6.45) is 0.893. The maximum atomic E-state index is 13.0. The van der Waals surface area contributed by atoms with Gasteiger partial charge in [-0.3, -0.25) is 0 Å². The van der Waals surface area contributed by atoms with Crippen molar-refractivity contribution in [2.24, 2.45) is 0 Å². The number of rotatable bonds is 2. The largest absolute Gasteiger partial charge is 0.311 e. The Labute approximate surface area is 100 Å². The van der Waals surface area contributed by atoms with Gasteiger partial charge in [0, 0.05) is 25.7 Å². The fraction of sp³-hybridized carbons (Fsp3) is 0.500. The van der Waals surface area contributed by atoms with E-state index in [0.717, 1.165) is 31.6 Å². The van der Waals surface area contributed by atoms with Gasteiger partial charge in [-0.2, -0.15) is 0 Å². The van der Waals surface area contributed by atoms with Crippen LogP contribution in [0.4, 0.5) is 4.39 Å². The highest BCUT2D eigenvalue weighted by molar-refractivity contribution is 6.30. The molecule has 1 fully saturated rings. The molecule has 1 unspecified atom stereocenters. The lowest BCUT2D eigenvalue weighted by atomic mass is 10.0. The molecule has 1 aliphatic heterocycles. The Morgan fingerprint density at radius 3 is 3.06 bits per heavy atom. The zero-order valence-electron chi connectivity index (χ0n) is 9.34. The van der Waals surface area contributed by atoms with Crippen LogP contribution in [0.15, 0.2) is 18.2 Å². The Kier molecular flexibility index (Phi) is 3.79. The fourth-order valence-electron chi connectivity index (χ4n) is 2.08. The molecule has 16 heavy (non-hydrogen) atoms. The van der Waals surface area contributed by atoms with Crippen LogP contribution in [0.25, 0.3) is 0 Å². The average molecular weight is 243 g/mol. The van der Waals surface area contributed by atoms with Gasteiger partial charge in [0.15, 0.2) is 0 Å². The summed E-state index contributed by atoms with van der Waals surface area (Å²) in [6, 6.07) is 5.38. The first-order chi connectivity index (χ1) is 7.65. The van der Waals surface area contributed by atoms with Crippen molar-refractivity contribution in [2.75, 3.05) is 26.7 Å². The summed E-state index contributed by atoms with van der Waals surface area (Å²) >= 11 is 5.75. The molecule has 0 radical (unpaired) electrons. The van der Waals surface area contributed by atoms with Crippen molar-refractivity contribution in [1.29, 1.82) is 0 Å². The highest BCUT2D eigenvalue weighted by atomic mass is 35.5. The van der Waals surface area contributed by atoms with E-state index in [1.165, 1.54) is 6.07 Å². The van der Waals surface area contributed by atoms with Gasteiger partial charge in [-0.25, -0.2) is 4.39 Å². The highest BCUT2D eigenvalue weighted by Gasteiger charge is 2.16. The van der Waals surface area contributed by atoms with E-state index >= 15 is 0 Å². The van der Waals surface area contributed by atoms with Gasteiger partial charge in [-0.05, 0) is 31.2 Å². The number of piperazine rings is 1. The Hall–Kier alpha value is -0.640. The number of hydrogen-bond donors (Lipinski definition) is 1. The van der Waals surface area contributed by atoms with Crippen molar-refractivity contribution in [3.63, 3.8) is 0 Å². The van der Waals surface area contributed by atoms with Gasteiger partial charge in [-0.15, -0.1) is 0 Å². The molecule has 2 rings (SSSR count). The summed E-state index contributed by atoms with van der Waals surface area (Å²) in [4.78, 5) is 2.30. The summed E-state index contributed by atoms with van der Waals surface area (Å²) in [5.41, 5.74) is 1.08. The van der Waals surface area contributed by atoms with Gasteiger partial charge in [0.2, 0.25) is 0 Å². The van der Waals surface area contributed by atoms with E-state index < -0.39 is 0 Å². The Bertz CT molecular complexity index is 370. The van der Waals surface area contributed by atoms with Gasteiger partial charge in [0.25, 0.3) is 0 Å². The quantitative estimate of drug-likeness (QED) is 0.853. The molecular weight excluding hydrogens is 227 g/mol. The van der Waals surface area contributed by atoms with Crippen molar-refractivity contribution in [3.8, 4) is 0 Å². The van der Waals surface area contributed by atoms with E-state index in [0.29, 0.717) is 6.04 Å². The highest BCUT2D eigenvalue weighted by Crippen LogP contribution is 2.17. The van der Waals surface area contributed by atoms with Crippen molar-refractivity contribution >= 4 is 11.6 Å². The van der Waals surface area contributed by atoms with Crippen molar-refractivity contribution in [3.05, 3.63) is 34.6 Å². The SMILES string of the molecule is CN1CCNC(Cc2ccc(F)c(Cl)c2)C1. The zero-order chi connectivity index (χ0) is 11.5. The summed E-state index contributed by atoms with van der Waals surface area (Å²) < 4.78 is 13.0.